The van der Waals surface area contributed by atoms with Crippen molar-refractivity contribution in [3.63, 3.8) is 0 Å². The molecule has 15 heavy (non-hydrogen) atoms. The molecule has 0 aliphatic rings. The number of halogens is 1. The van der Waals surface area contributed by atoms with Crippen molar-refractivity contribution in [1.29, 1.82) is 0 Å². The van der Waals surface area contributed by atoms with Gasteiger partial charge in [-0.25, -0.2) is 0 Å². The van der Waals surface area contributed by atoms with Gasteiger partial charge in [-0.1, -0.05) is 60.3 Å². The highest BCUT2D eigenvalue weighted by Gasteiger charge is 1.97. The summed E-state index contributed by atoms with van der Waals surface area (Å²) in [7, 11) is 0. The molecule has 1 nitrogen and oxygen atoms in total. The molecule has 0 spiro atoms. The zero-order valence-electron chi connectivity index (χ0n) is 9.34. The molecule has 0 unspecified atom stereocenters. The Morgan fingerprint density at radius 2 is 1.93 bits per heavy atom. The summed E-state index contributed by atoms with van der Waals surface area (Å²) in [5.74, 6) is 0. The second kappa shape index (κ2) is 7.89. The first-order chi connectivity index (χ1) is 7.34. The maximum Gasteiger partial charge on any atom is 0.0727 e. The van der Waals surface area contributed by atoms with Crippen molar-refractivity contribution >= 4 is 15.9 Å². The van der Waals surface area contributed by atoms with E-state index in [2.05, 4.69) is 35.0 Å². The third kappa shape index (κ3) is 5.33. The molecule has 0 bridgehead atoms. The summed E-state index contributed by atoms with van der Waals surface area (Å²) < 4.78 is 6.75. The molecule has 0 aliphatic heterocycles. The quantitative estimate of drug-likeness (QED) is 0.661. The molecule has 1 aromatic rings. The van der Waals surface area contributed by atoms with E-state index in [1.807, 2.05) is 12.1 Å². The molecule has 0 aromatic heterocycles. The van der Waals surface area contributed by atoms with Crippen molar-refractivity contribution in [2.75, 3.05) is 6.61 Å². The van der Waals surface area contributed by atoms with Crippen molar-refractivity contribution in [3.8, 4) is 0 Å². The summed E-state index contributed by atoms with van der Waals surface area (Å²) in [5.41, 5.74) is 1.23. The molecule has 1 rings (SSSR count). The summed E-state index contributed by atoms with van der Waals surface area (Å²) in [6, 6.07) is 8.21. The van der Waals surface area contributed by atoms with E-state index < -0.39 is 0 Å². The van der Waals surface area contributed by atoms with Gasteiger partial charge < -0.3 is 4.74 Å². The van der Waals surface area contributed by atoms with Crippen molar-refractivity contribution in [1.82, 2.24) is 0 Å². The van der Waals surface area contributed by atoms with Crippen molar-refractivity contribution in [2.45, 2.75) is 39.2 Å². The molecule has 0 aliphatic carbocycles. The summed E-state index contributed by atoms with van der Waals surface area (Å²) >= 11 is 3.51. The Labute approximate surface area is 101 Å². The molecule has 0 saturated carbocycles. The predicted octanol–water partition coefficient (Wildman–Crippen LogP) is 4.55. The zero-order chi connectivity index (χ0) is 10.9. The summed E-state index contributed by atoms with van der Waals surface area (Å²) in [4.78, 5) is 0. The Morgan fingerprint density at radius 3 is 2.67 bits per heavy atom. The molecule has 2 heteroatoms. The first kappa shape index (κ1) is 12.7. The average Bonchev–Trinajstić information content (AvgIpc) is 2.25. The Balaban J connectivity index is 2.12. The Bertz CT molecular complexity index is 273. The van der Waals surface area contributed by atoms with Gasteiger partial charge >= 0.3 is 0 Å². The van der Waals surface area contributed by atoms with Gasteiger partial charge in [-0.3, -0.25) is 0 Å². The number of hydrogen-bond donors (Lipinski definition) is 0. The fourth-order valence-electron chi connectivity index (χ4n) is 1.43. The highest BCUT2D eigenvalue weighted by atomic mass is 79.9. The van der Waals surface area contributed by atoms with Gasteiger partial charge in [0.2, 0.25) is 0 Å². The van der Waals surface area contributed by atoms with Crippen LogP contribution in [0.25, 0.3) is 0 Å². The maximum absolute atomic E-state index is 5.62. The standard InChI is InChI=1S/C13H19BrO/c1-2-3-4-7-10-15-11-12-8-5-6-9-13(12)14/h5-6,8-9H,2-4,7,10-11H2,1H3. The minimum Gasteiger partial charge on any atom is -0.377 e. The van der Waals surface area contributed by atoms with Crippen LogP contribution in [0.2, 0.25) is 0 Å². The van der Waals surface area contributed by atoms with Crippen molar-refractivity contribution < 1.29 is 4.74 Å². The third-order valence-electron chi connectivity index (χ3n) is 2.36. The normalized spacial score (nSPS) is 10.5. The van der Waals surface area contributed by atoms with Gasteiger partial charge in [0.1, 0.15) is 0 Å². The molecule has 84 valence electrons. The third-order valence-corrected chi connectivity index (χ3v) is 3.13. The summed E-state index contributed by atoms with van der Waals surface area (Å²) in [6.07, 6.45) is 5.06. The average molecular weight is 271 g/mol. The molecule has 0 saturated heterocycles. The van der Waals surface area contributed by atoms with Gasteiger partial charge in [-0.05, 0) is 18.1 Å². The number of rotatable bonds is 7. The van der Waals surface area contributed by atoms with Crippen molar-refractivity contribution in [3.05, 3.63) is 34.3 Å². The van der Waals surface area contributed by atoms with Crippen LogP contribution in [0.1, 0.15) is 38.2 Å². The molecule has 0 fully saturated rings. The van der Waals surface area contributed by atoms with Gasteiger partial charge in [0.25, 0.3) is 0 Å². The van der Waals surface area contributed by atoms with Gasteiger partial charge in [0, 0.05) is 11.1 Å². The van der Waals surface area contributed by atoms with Gasteiger partial charge in [0.05, 0.1) is 6.61 Å². The maximum atomic E-state index is 5.62. The second-order valence-corrected chi connectivity index (χ2v) is 4.56. The Morgan fingerprint density at radius 1 is 1.13 bits per heavy atom. The van der Waals surface area contributed by atoms with Crippen LogP contribution in [0.4, 0.5) is 0 Å². The van der Waals surface area contributed by atoms with E-state index in [0.717, 1.165) is 11.1 Å². The predicted molar refractivity (Wildman–Crippen MR) is 67.9 cm³/mol. The van der Waals surface area contributed by atoms with E-state index in [4.69, 9.17) is 4.74 Å². The van der Waals surface area contributed by atoms with Crippen LogP contribution < -0.4 is 0 Å². The zero-order valence-corrected chi connectivity index (χ0v) is 10.9. The van der Waals surface area contributed by atoms with Gasteiger partial charge in [0.15, 0.2) is 0 Å². The molecule has 0 radical (unpaired) electrons. The molecule has 0 amide bonds. The van der Waals surface area contributed by atoms with E-state index in [1.165, 1.54) is 31.2 Å². The van der Waals surface area contributed by atoms with E-state index in [9.17, 15) is 0 Å². The van der Waals surface area contributed by atoms with E-state index in [1.54, 1.807) is 0 Å². The Hall–Kier alpha value is -0.340. The van der Waals surface area contributed by atoms with E-state index >= 15 is 0 Å². The van der Waals surface area contributed by atoms with Crippen molar-refractivity contribution in [2.24, 2.45) is 0 Å². The lowest BCUT2D eigenvalue weighted by molar-refractivity contribution is 0.116. The van der Waals surface area contributed by atoms with Crippen LogP contribution in [-0.2, 0) is 11.3 Å². The van der Waals surface area contributed by atoms with Crippen LogP contribution >= 0.6 is 15.9 Å². The molecular weight excluding hydrogens is 252 g/mol. The smallest absolute Gasteiger partial charge is 0.0727 e. The van der Waals surface area contributed by atoms with Crippen LogP contribution in [0.15, 0.2) is 28.7 Å². The topological polar surface area (TPSA) is 9.23 Å². The first-order valence-corrected chi connectivity index (χ1v) is 6.45. The monoisotopic (exact) mass is 270 g/mol. The fraction of sp³-hybridized carbons (Fsp3) is 0.538. The van der Waals surface area contributed by atoms with E-state index in [0.29, 0.717) is 6.61 Å². The minimum absolute atomic E-state index is 0.716. The largest absolute Gasteiger partial charge is 0.377 e. The highest BCUT2D eigenvalue weighted by molar-refractivity contribution is 9.10. The number of hydrogen-bond acceptors (Lipinski definition) is 1. The van der Waals surface area contributed by atoms with Crippen LogP contribution in [0.3, 0.4) is 0 Å². The number of unbranched alkanes of at least 4 members (excludes halogenated alkanes) is 3. The number of ether oxygens (including phenoxy) is 1. The molecule has 1 aromatic carbocycles. The molecule has 0 N–H and O–H groups in total. The highest BCUT2D eigenvalue weighted by Crippen LogP contribution is 2.16. The Kier molecular flexibility index (Phi) is 6.69. The molecular formula is C13H19BrO. The lowest BCUT2D eigenvalue weighted by atomic mass is 10.2. The first-order valence-electron chi connectivity index (χ1n) is 5.65. The summed E-state index contributed by atoms with van der Waals surface area (Å²) in [5, 5.41) is 0. The minimum atomic E-state index is 0.716. The summed E-state index contributed by atoms with van der Waals surface area (Å²) in [6.45, 7) is 3.82. The van der Waals surface area contributed by atoms with Crippen LogP contribution in [-0.4, -0.2) is 6.61 Å². The number of benzene rings is 1. The van der Waals surface area contributed by atoms with Crippen LogP contribution in [0, 0.1) is 0 Å². The fourth-order valence-corrected chi connectivity index (χ4v) is 1.83. The molecule has 0 atom stereocenters. The van der Waals surface area contributed by atoms with Gasteiger partial charge in [-0.15, -0.1) is 0 Å². The lowest BCUT2D eigenvalue weighted by Crippen LogP contribution is -1.96. The second-order valence-electron chi connectivity index (χ2n) is 3.70. The SMILES string of the molecule is CCCCCCOCc1ccccc1Br. The van der Waals surface area contributed by atoms with Gasteiger partial charge in [-0.2, -0.15) is 0 Å². The van der Waals surface area contributed by atoms with Crippen LogP contribution in [0.5, 0.6) is 0 Å². The molecule has 0 heterocycles. The lowest BCUT2D eigenvalue weighted by Gasteiger charge is -2.05. The van der Waals surface area contributed by atoms with E-state index in [-0.39, 0.29) is 0 Å².